The Morgan fingerprint density at radius 1 is 1.35 bits per heavy atom. The fraction of sp³-hybridized carbons (Fsp3) is 0.421. The molecule has 0 saturated carbocycles. The van der Waals surface area contributed by atoms with Gasteiger partial charge in [-0.25, -0.2) is 4.79 Å². The van der Waals surface area contributed by atoms with Gasteiger partial charge in [-0.05, 0) is 25.5 Å². The summed E-state index contributed by atoms with van der Waals surface area (Å²) in [7, 11) is 0. The Kier molecular flexibility index (Phi) is 3.51. The quantitative estimate of drug-likeness (QED) is 0.490. The van der Waals surface area contributed by atoms with Gasteiger partial charge < -0.3 is 14.6 Å². The van der Waals surface area contributed by atoms with E-state index in [1.165, 1.54) is 0 Å². The zero-order valence-electron chi connectivity index (χ0n) is 13.8. The van der Waals surface area contributed by atoms with Gasteiger partial charge in [0.2, 0.25) is 0 Å². The van der Waals surface area contributed by atoms with Crippen molar-refractivity contribution in [1.82, 2.24) is 0 Å². The first-order valence-corrected chi connectivity index (χ1v) is 7.77. The van der Waals surface area contributed by atoms with Crippen LogP contribution in [0.5, 0.6) is 5.75 Å². The number of para-hydroxylation sites is 1. The monoisotopic (exact) mass is 314 g/mol. The molecular formula is C19H22O4. The predicted octanol–water partition coefficient (Wildman–Crippen LogP) is 3.38. The van der Waals surface area contributed by atoms with Crippen molar-refractivity contribution in [2.45, 2.75) is 38.7 Å². The Bertz CT molecular complexity index is 701. The van der Waals surface area contributed by atoms with Crippen molar-refractivity contribution in [1.29, 1.82) is 0 Å². The van der Waals surface area contributed by atoms with Crippen LogP contribution in [0.2, 0.25) is 0 Å². The van der Waals surface area contributed by atoms with E-state index < -0.39 is 11.4 Å². The molecular weight excluding hydrogens is 292 g/mol. The summed E-state index contributed by atoms with van der Waals surface area (Å²) in [6.45, 7) is 9.81. The minimum atomic E-state index is -0.635. The van der Waals surface area contributed by atoms with Crippen LogP contribution in [-0.4, -0.2) is 23.8 Å². The smallest absolute Gasteiger partial charge is 0.372 e. The molecule has 122 valence electrons. The first-order chi connectivity index (χ1) is 10.8. The highest BCUT2D eigenvalue weighted by Crippen LogP contribution is 2.51. The molecule has 0 unspecified atom stereocenters. The number of fused-ring (bicyclic) bond motifs is 1. The van der Waals surface area contributed by atoms with Crippen molar-refractivity contribution >= 4 is 5.97 Å². The summed E-state index contributed by atoms with van der Waals surface area (Å²) in [4.78, 5) is 12.0. The highest BCUT2D eigenvalue weighted by atomic mass is 16.6. The zero-order chi connectivity index (χ0) is 16.8. The number of aryl methyl sites for hydroxylation is 1. The number of rotatable bonds is 1. The van der Waals surface area contributed by atoms with E-state index in [1.807, 2.05) is 25.1 Å². The highest BCUT2D eigenvalue weighted by molar-refractivity contribution is 5.86. The number of aromatic hydroxyl groups is 1. The van der Waals surface area contributed by atoms with E-state index in [1.54, 1.807) is 0 Å². The predicted molar refractivity (Wildman–Crippen MR) is 87.0 cm³/mol. The van der Waals surface area contributed by atoms with Crippen molar-refractivity contribution in [2.24, 2.45) is 5.41 Å². The molecule has 2 aliphatic rings. The highest BCUT2D eigenvalue weighted by Gasteiger charge is 2.54. The second-order valence-corrected chi connectivity index (χ2v) is 7.05. The van der Waals surface area contributed by atoms with Crippen LogP contribution in [0, 0.1) is 12.3 Å². The summed E-state index contributed by atoms with van der Waals surface area (Å²) in [5.74, 6) is -0.287. The van der Waals surface area contributed by atoms with Gasteiger partial charge in [-0.2, -0.15) is 0 Å². The number of esters is 1. The zero-order valence-corrected chi connectivity index (χ0v) is 13.8. The van der Waals surface area contributed by atoms with Crippen LogP contribution >= 0.6 is 0 Å². The maximum Gasteiger partial charge on any atom is 0.372 e. The molecule has 1 aliphatic heterocycles. The van der Waals surface area contributed by atoms with Gasteiger partial charge in [0.05, 0.1) is 5.41 Å². The summed E-state index contributed by atoms with van der Waals surface area (Å²) in [5, 5.41) is 10.6. The minimum Gasteiger partial charge on any atom is -0.507 e. The van der Waals surface area contributed by atoms with E-state index in [0.29, 0.717) is 6.42 Å². The van der Waals surface area contributed by atoms with Crippen LogP contribution in [0.1, 0.15) is 31.4 Å². The number of carbonyl (C=O) groups is 1. The number of benzene rings is 1. The molecule has 1 aliphatic carbocycles. The maximum atomic E-state index is 12.0. The van der Waals surface area contributed by atoms with Gasteiger partial charge in [-0.15, -0.1) is 0 Å². The minimum absolute atomic E-state index is 0.0207. The Morgan fingerprint density at radius 2 is 2.09 bits per heavy atom. The van der Waals surface area contributed by atoms with Crippen LogP contribution < -0.4 is 0 Å². The van der Waals surface area contributed by atoms with Crippen molar-refractivity contribution < 1.29 is 19.4 Å². The van der Waals surface area contributed by atoms with Crippen LogP contribution in [-0.2, 0) is 19.7 Å². The number of ether oxygens (including phenoxy) is 2. The van der Waals surface area contributed by atoms with Gasteiger partial charge >= 0.3 is 5.97 Å². The van der Waals surface area contributed by atoms with Gasteiger partial charge in [0.15, 0.2) is 5.76 Å². The Balaban J connectivity index is 2.22. The molecule has 23 heavy (non-hydrogen) atoms. The summed E-state index contributed by atoms with van der Waals surface area (Å²) in [6, 6.07) is 5.65. The lowest BCUT2D eigenvalue weighted by Crippen LogP contribution is -2.52. The lowest BCUT2D eigenvalue weighted by atomic mass is 9.61. The lowest BCUT2D eigenvalue weighted by molar-refractivity contribution is -0.141. The molecule has 1 N–H and O–H groups in total. The van der Waals surface area contributed by atoms with E-state index in [4.69, 9.17) is 9.47 Å². The van der Waals surface area contributed by atoms with Crippen molar-refractivity contribution in [3.63, 3.8) is 0 Å². The van der Waals surface area contributed by atoms with Crippen LogP contribution in [0.3, 0.4) is 0 Å². The molecule has 2 atom stereocenters. The molecule has 1 aromatic rings. The van der Waals surface area contributed by atoms with E-state index in [0.717, 1.165) is 11.1 Å². The standard InChI is InChI=1S/C19H22O4/c1-12-7-5-8-14(15(12)20)19-10-6-9-18(3,4)17(19)23-13(2)16(21)22-11-19/h5-9,17,20H,2,10-11H2,1,3-4H3/t17-,19-/m1/s1. The number of allylic oxidation sites excluding steroid dienone is 1. The van der Waals surface area contributed by atoms with Crippen LogP contribution in [0.15, 0.2) is 42.7 Å². The Hall–Kier alpha value is -2.23. The van der Waals surface area contributed by atoms with E-state index >= 15 is 0 Å². The van der Waals surface area contributed by atoms with Crippen LogP contribution in [0.25, 0.3) is 0 Å². The number of phenols is 1. The molecule has 4 heteroatoms. The summed E-state index contributed by atoms with van der Waals surface area (Å²) < 4.78 is 11.4. The Labute approximate surface area is 136 Å². The van der Waals surface area contributed by atoms with Crippen molar-refractivity contribution in [3.8, 4) is 5.75 Å². The number of cyclic esters (lactones) is 1. The Morgan fingerprint density at radius 3 is 2.83 bits per heavy atom. The molecule has 1 saturated heterocycles. The number of phenolic OH excluding ortho intramolecular Hbond substituents is 1. The van der Waals surface area contributed by atoms with Gasteiger partial charge in [-0.1, -0.05) is 44.2 Å². The molecule has 0 radical (unpaired) electrons. The number of hydrogen-bond donors (Lipinski definition) is 1. The molecule has 0 aromatic heterocycles. The molecule has 1 fully saturated rings. The average Bonchev–Trinajstić information content (AvgIpc) is 2.62. The summed E-state index contributed by atoms with van der Waals surface area (Å²) >= 11 is 0. The number of carbonyl (C=O) groups excluding carboxylic acids is 1. The summed E-state index contributed by atoms with van der Waals surface area (Å²) in [5.41, 5.74) is 0.578. The van der Waals surface area contributed by atoms with E-state index in [2.05, 4.69) is 32.6 Å². The van der Waals surface area contributed by atoms with Crippen molar-refractivity contribution in [3.05, 3.63) is 53.8 Å². The molecule has 0 spiro atoms. The third-order valence-corrected chi connectivity index (χ3v) is 4.93. The SMILES string of the molecule is C=C1O[C@@H]2C(C)(C)C=CC[C@]2(c2cccc(C)c2O)COC1=O. The van der Waals surface area contributed by atoms with E-state index in [-0.39, 0.29) is 29.6 Å². The van der Waals surface area contributed by atoms with Gasteiger partial charge in [0.25, 0.3) is 0 Å². The van der Waals surface area contributed by atoms with Gasteiger partial charge in [0.1, 0.15) is 18.5 Å². The third-order valence-electron chi connectivity index (χ3n) is 4.93. The maximum absolute atomic E-state index is 12.0. The molecule has 1 aromatic carbocycles. The molecule has 4 nitrogen and oxygen atoms in total. The van der Waals surface area contributed by atoms with Gasteiger partial charge in [-0.3, -0.25) is 0 Å². The van der Waals surface area contributed by atoms with E-state index in [9.17, 15) is 9.90 Å². The normalized spacial score (nSPS) is 29.3. The molecule has 3 rings (SSSR count). The first kappa shape index (κ1) is 15.7. The first-order valence-electron chi connectivity index (χ1n) is 7.77. The second-order valence-electron chi connectivity index (χ2n) is 7.05. The lowest BCUT2D eigenvalue weighted by Gasteiger charge is -2.47. The van der Waals surface area contributed by atoms with Crippen molar-refractivity contribution in [2.75, 3.05) is 6.61 Å². The summed E-state index contributed by atoms with van der Waals surface area (Å²) in [6.07, 6.45) is 4.43. The fourth-order valence-corrected chi connectivity index (χ4v) is 3.73. The molecule has 0 amide bonds. The average molecular weight is 314 g/mol. The largest absolute Gasteiger partial charge is 0.507 e. The van der Waals surface area contributed by atoms with Crippen LogP contribution in [0.4, 0.5) is 0 Å². The molecule has 1 heterocycles. The topological polar surface area (TPSA) is 55.8 Å². The van der Waals surface area contributed by atoms with Gasteiger partial charge in [0, 0.05) is 11.0 Å². The number of hydrogen-bond acceptors (Lipinski definition) is 4. The molecule has 0 bridgehead atoms. The second kappa shape index (κ2) is 5.15. The third kappa shape index (κ3) is 2.33. The fourth-order valence-electron chi connectivity index (χ4n) is 3.73.